The van der Waals surface area contributed by atoms with E-state index in [0.29, 0.717) is 11.8 Å². The monoisotopic (exact) mass is 195 g/mol. The summed E-state index contributed by atoms with van der Waals surface area (Å²) in [5.41, 5.74) is 5.88. The summed E-state index contributed by atoms with van der Waals surface area (Å²) in [7, 11) is 0. The Morgan fingerprint density at radius 2 is 2.36 bits per heavy atom. The zero-order chi connectivity index (χ0) is 9.97. The summed E-state index contributed by atoms with van der Waals surface area (Å²) in [5, 5.41) is 3.98. The minimum absolute atomic E-state index is 0.0821. The minimum Gasteiger partial charge on any atom is -0.338 e. The van der Waals surface area contributed by atoms with Crippen molar-refractivity contribution in [2.45, 2.75) is 51.0 Å². The third-order valence-electron chi connectivity index (χ3n) is 2.84. The predicted octanol–water partition coefficient (Wildman–Crippen LogP) is 2.14. The maximum Gasteiger partial charge on any atom is 0.243 e. The smallest absolute Gasteiger partial charge is 0.243 e. The fourth-order valence-electron chi connectivity index (χ4n) is 1.66. The molecule has 0 unspecified atom stereocenters. The van der Waals surface area contributed by atoms with Crippen LogP contribution >= 0.6 is 0 Å². The van der Waals surface area contributed by atoms with Crippen LogP contribution in [0.4, 0.5) is 0 Å². The highest BCUT2D eigenvalue weighted by Gasteiger charge is 2.25. The Morgan fingerprint density at radius 1 is 1.57 bits per heavy atom. The van der Waals surface area contributed by atoms with Gasteiger partial charge in [-0.2, -0.15) is 4.98 Å². The lowest BCUT2D eigenvalue weighted by Crippen LogP contribution is -2.12. The molecule has 0 bridgehead atoms. The Bertz CT molecular complexity index is 293. The number of aromatic nitrogens is 2. The zero-order valence-corrected chi connectivity index (χ0v) is 8.57. The average molecular weight is 195 g/mol. The Hall–Kier alpha value is -0.900. The molecule has 0 spiro atoms. The second kappa shape index (κ2) is 4.09. The molecule has 78 valence electrons. The molecule has 1 aromatic rings. The number of nitrogens with zero attached hydrogens (tertiary/aromatic N) is 2. The molecule has 1 aliphatic rings. The zero-order valence-electron chi connectivity index (χ0n) is 8.57. The normalized spacial score (nSPS) is 19.3. The van der Waals surface area contributed by atoms with E-state index < -0.39 is 0 Å². The van der Waals surface area contributed by atoms with Crippen molar-refractivity contribution in [2.75, 3.05) is 0 Å². The van der Waals surface area contributed by atoms with E-state index in [1.54, 1.807) is 0 Å². The van der Waals surface area contributed by atoms with Gasteiger partial charge < -0.3 is 10.3 Å². The van der Waals surface area contributed by atoms with Crippen LogP contribution in [-0.4, -0.2) is 10.1 Å². The van der Waals surface area contributed by atoms with Crippen LogP contribution in [0, 0.1) is 0 Å². The van der Waals surface area contributed by atoms with E-state index in [9.17, 15) is 0 Å². The first-order chi connectivity index (χ1) is 6.81. The third kappa shape index (κ3) is 1.80. The molecule has 4 heteroatoms. The molecule has 1 aliphatic carbocycles. The van der Waals surface area contributed by atoms with E-state index in [4.69, 9.17) is 10.3 Å². The lowest BCUT2D eigenvalue weighted by atomic mass is 9.85. The molecule has 14 heavy (non-hydrogen) atoms. The average Bonchev–Trinajstić information content (AvgIpc) is 2.50. The van der Waals surface area contributed by atoms with Gasteiger partial charge in [-0.1, -0.05) is 24.9 Å². The molecule has 0 aliphatic heterocycles. The Morgan fingerprint density at radius 3 is 2.93 bits per heavy atom. The molecule has 1 atom stereocenters. The number of rotatable bonds is 4. The van der Waals surface area contributed by atoms with Crippen molar-refractivity contribution in [3.8, 4) is 0 Å². The van der Waals surface area contributed by atoms with Crippen LogP contribution in [0.3, 0.4) is 0 Å². The van der Waals surface area contributed by atoms with Crippen LogP contribution < -0.4 is 5.73 Å². The van der Waals surface area contributed by atoms with Gasteiger partial charge in [-0.25, -0.2) is 0 Å². The molecule has 1 fully saturated rings. The van der Waals surface area contributed by atoms with Crippen molar-refractivity contribution >= 4 is 0 Å². The van der Waals surface area contributed by atoms with E-state index in [2.05, 4.69) is 17.1 Å². The van der Waals surface area contributed by atoms with Gasteiger partial charge in [0.05, 0.1) is 6.04 Å². The summed E-state index contributed by atoms with van der Waals surface area (Å²) in [4.78, 5) is 4.35. The van der Waals surface area contributed by atoms with Crippen molar-refractivity contribution in [1.29, 1.82) is 0 Å². The van der Waals surface area contributed by atoms with Crippen molar-refractivity contribution in [3.63, 3.8) is 0 Å². The first-order valence-electron chi connectivity index (χ1n) is 5.40. The first kappa shape index (κ1) is 9.65. The number of hydrogen-bond acceptors (Lipinski definition) is 4. The van der Waals surface area contributed by atoms with E-state index in [1.807, 2.05) is 0 Å². The van der Waals surface area contributed by atoms with E-state index in [-0.39, 0.29) is 6.04 Å². The van der Waals surface area contributed by atoms with Gasteiger partial charge in [0.1, 0.15) is 0 Å². The third-order valence-corrected chi connectivity index (χ3v) is 2.84. The van der Waals surface area contributed by atoms with Gasteiger partial charge in [0.15, 0.2) is 5.82 Å². The van der Waals surface area contributed by atoms with Crippen LogP contribution in [0.1, 0.15) is 62.7 Å². The quantitative estimate of drug-likeness (QED) is 0.799. The lowest BCUT2D eigenvalue weighted by molar-refractivity contribution is 0.330. The van der Waals surface area contributed by atoms with Crippen LogP contribution in [0.5, 0.6) is 0 Å². The molecule has 0 radical (unpaired) electrons. The van der Waals surface area contributed by atoms with E-state index in [1.165, 1.54) is 19.3 Å². The van der Waals surface area contributed by atoms with Crippen LogP contribution in [-0.2, 0) is 0 Å². The summed E-state index contributed by atoms with van der Waals surface area (Å²) < 4.78 is 5.15. The molecular weight excluding hydrogens is 178 g/mol. The fraction of sp³-hybridized carbons (Fsp3) is 0.800. The van der Waals surface area contributed by atoms with Gasteiger partial charge in [0, 0.05) is 5.92 Å². The molecule has 4 nitrogen and oxygen atoms in total. The summed E-state index contributed by atoms with van der Waals surface area (Å²) >= 11 is 0. The van der Waals surface area contributed by atoms with Crippen molar-refractivity contribution in [1.82, 2.24) is 10.1 Å². The van der Waals surface area contributed by atoms with Gasteiger partial charge in [0.25, 0.3) is 0 Å². The SMILES string of the molecule is CCC[C@H](N)c1nc(C2CCC2)no1. The largest absolute Gasteiger partial charge is 0.338 e. The molecule has 2 N–H and O–H groups in total. The van der Waals surface area contributed by atoms with Gasteiger partial charge in [0.2, 0.25) is 5.89 Å². The lowest BCUT2D eigenvalue weighted by Gasteiger charge is -2.21. The van der Waals surface area contributed by atoms with Crippen molar-refractivity contribution in [3.05, 3.63) is 11.7 Å². The summed E-state index contributed by atoms with van der Waals surface area (Å²) in [5.74, 6) is 1.99. The van der Waals surface area contributed by atoms with Gasteiger partial charge in [-0.15, -0.1) is 0 Å². The number of hydrogen-bond donors (Lipinski definition) is 1. The molecule has 2 rings (SSSR count). The highest BCUT2D eigenvalue weighted by Crippen LogP contribution is 2.34. The second-order valence-corrected chi connectivity index (χ2v) is 4.01. The van der Waals surface area contributed by atoms with E-state index >= 15 is 0 Å². The molecule has 1 aromatic heterocycles. The summed E-state index contributed by atoms with van der Waals surface area (Å²) in [6.07, 6.45) is 5.63. The predicted molar refractivity (Wildman–Crippen MR) is 52.7 cm³/mol. The van der Waals surface area contributed by atoms with Crippen molar-refractivity contribution < 1.29 is 4.52 Å². The van der Waals surface area contributed by atoms with Gasteiger partial charge in [-0.3, -0.25) is 0 Å². The van der Waals surface area contributed by atoms with E-state index in [0.717, 1.165) is 18.7 Å². The minimum atomic E-state index is -0.0821. The van der Waals surface area contributed by atoms with Gasteiger partial charge >= 0.3 is 0 Å². The highest BCUT2D eigenvalue weighted by atomic mass is 16.5. The standard InChI is InChI=1S/C10H17N3O/c1-2-4-8(11)10-12-9(13-14-10)7-5-3-6-7/h7-8H,2-6,11H2,1H3/t8-/m0/s1. The second-order valence-electron chi connectivity index (χ2n) is 4.01. The fourth-order valence-corrected chi connectivity index (χ4v) is 1.66. The van der Waals surface area contributed by atoms with Crippen LogP contribution in [0.15, 0.2) is 4.52 Å². The maximum atomic E-state index is 5.88. The Labute approximate surface area is 83.9 Å². The molecule has 1 heterocycles. The maximum absolute atomic E-state index is 5.88. The summed E-state index contributed by atoms with van der Waals surface area (Å²) in [6, 6.07) is -0.0821. The number of nitrogens with two attached hydrogens (primary N) is 1. The highest BCUT2D eigenvalue weighted by molar-refractivity contribution is 5.01. The van der Waals surface area contributed by atoms with Gasteiger partial charge in [-0.05, 0) is 19.3 Å². The Kier molecular flexibility index (Phi) is 2.82. The topological polar surface area (TPSA) is 64.9 Å². The van der Waals surface area contributed by atoms with Crippen LogP contribution in [0.2, 0.25) is 0 Å². The summed E-state index contributed by atoms with van der Waals surface area (Å²) in [6.45, 7) is 2.10. The molecule has 0 amide bonds. The van der Waals surface area contributed by atoms with Crippen molar-refractivity contribution in [2.24, 2.45) is 5.73 Å². The first-order valence-corrected chi connectivity index (χ1v) is 5.40. The molecule has 0 saturated heterocycles. The molecular formula is C10H17N3O. The molecule has 0 aromatic carbocycles. The Balaban J connectivity index is 2.01. The van der Waals surface area contributed by atoms with Crippen LogP contribution in [0.25, 0.3) is 0 Å². The molecule has 1 saturated carbocycles.